The number of hydrogen-bond donors (Lipinski definition) is 1. The Morgan fingerprint density at radius 2 is 2.00 bits per heavy atom. The summed E-state index contributed by atoms with van der Waals surface area (Å²) in [4.78, 5) is 6.29. The van der Waals surface area contributed by atoms with Gasteiger partial charge in [0.15, 0.2) is 0 Å². The fourth-order valence-corrected chi connectivity index (χ4v) is 6.41. The van der Waals surface area contributed by atoms with Crippen LogP contribution in [0.15, 0.2) is 41.4 Å². The largest absolute Gasteiger partial charge is 0.494 e. The third kappa shape index (κ3) is 3.28. The molecule has 0 aliphatic carbocycles. The number of rotatable bonds is 3. The molecule has 2 heterocycles. The Labute approximate surface area is 171 Å². The van der Waals surface area contributed by atoms with Gasteiger partial charge in [0.1, 0.15) is 10.4 Å². The maximum Gasteiger partial charge on any atom is 0.135 e. The van der Waals surface area contributed by atoms with E-state index >= 15 is 0 Å². The van der Waals surface area contributed by atoms with Gasteiger partial charge in [-0.1, -0.05) is 38.3 Å². The van der Waals surface area contributed by atoms with Crippen LogP contribution >= 0.6 is 32.3 Å². The maximum atomic E-state index is 6.30. The second kappa shape index (κ2) is 6.97. The number of nitrogens with zero attached hydrogens (tertiary/aromatic N) is 1. The Balaban J connectivity index is 1.97. The fraction of sp³-hybridized carbons (Fsp3) is 0.286. The molecule has 1 N–H and O–H groups in total. The van der Waals surface area contributed by atoms with Crippen molar-refractivity contribution < 1.29 is 4.74 Å². The molecule has 0 saturated carbocycles. The molecule has 6 heteroatoms. The maximum absolute atomic E-state index is 6.30. The molecule has 0 atom stereocenters. The zero-order chi connectivity index (χ0) is 19.2. The molecule has 0 spiro atoms. The van der Waals surface area contributed by atoms with Crippen molar-refractivity contribution in [1.82, 2.24) is 0 Å². The van der Waals surface area contributed by atoms with Crippen molar-refractivity contribution in [2.75, 3.05) is 11.9 Å². The molecule has 0 radical (unpaired) electrons. The highest BCUT2D eigenvalue weighted by Gasteiger charge is 2.33. The molecule has 1 aliphatic rings. The lowest BCUT2D eigenvalue weighted by atomic mass is 9.90. The number of benzene rings is 2. The lowest BCUT2D eigenvalue weighted by Gasteiger charge is -2.33. The summed E-state index contributed by atoms with van der Waals surface area (Å²) in [6.07, 6.45) is 0. The van der Waals surface area contributed by atoms with E-state index in [2.05, 4.69) is 31.3 Å². The highest BCUT2D eigenvalue weighted by atomic mass is 35.5. The summed E-state index contributed by atoms with van der Waals surface area (Å²) in [7, 11) is 3.49. The normalized spacial score (nSPS) is 15.1. The first-order valence-corrected chi connectivity index (χ1v) is 11.4. The molecule has 3 aromatic rings. The van der Waals surface area contributed by atoms with Gasteiger partial charge in [0.05, 0.1) is 22.7 Å². The van der Waals surface area contributed by atoms with Gasteiger partial charge >= 0.3 is 0 Å². The average molecular weight is 417 g/mol. The van der Waals surface area contributed by atoms with Gasteiger partial charge in [-0.25, -0.2) is 4.99 Å². The van der Waals surface area contributed by atoms with Gasteiger partial charge in [-0.15, -0.1) is 0 Å². The third-order valence-corrected chi connectivity index (χ3v) is 7.74. The van der Waals surface area contributed by atoms with Gasteiger partial charge in [-0.05, 0) is 63.6 Å². The topological polar surface area (TPSA) is 33.6 Å². The van der Waals surface area contributed by atoms with Crippen LogP contribution in [0.1, 0.15) is 31.2 Å². The van der Waals surface area contributed by atoms with Gasteiger partial charge in [0, 0.05) is 21.8 Å². The number of ether oxygens (including phenoxy) is 1. The molecule has 1 aliphatic heterocycles. The van der Waals surface area contributed by atoms with Crippen molar-refractivity contribution in [2.45, 2.75) is 33.2 Å². The Kier molecular flexibility index (Phi) is 4.78. The summed E-state index contributed by atoms with van der Waals surface area (Å²) < 4.78 is 6.76. The molecular weight excluding hydrogens is 396 g/mol. The summed E-state index contributed by atoms with van der Waals surface area (Å²) in [6.45, 7) is 9.08. The smallest absolute Gasteiger partial charge is 0.135 e. The van der Waals surface area contributed by atoms with Crippen molar-refractivity contribution >= 4 is 43.7 Å². The lowest BCUT2D eigenvalue weighted by molar-refractivity contribution is 0.340. The molecule has 0 bridgehead atoms. The Bertz CT molecular complexity index is 1080. The molecule has 0 fully saturated rings. The van der Waals surface area contributed by atoms with E-state index in [1.54, 1.807) is 20.7 Å². The van der Waals surface area contributed by atoms with Crippen LogP contribution in [0.2, 0.25) is 5.02 Å². The minimum atomic E-state index is -0.145. The van der Waals surface area contributed by atoms with Gasteiger partial charge in [-0.2, -0.15) is 0 Å². The van der Waals surface area contributed by atoms with Crippen molar-refractivity contribution in [3.63, 3.8) is 0 Å². The number of anilines is 1. The number of halogens is 1. The lowest BCUT2D eigenvalue weighted by Crippen LogP contribution is -2.31. The van der Waals surface area contributed by atoms with Crippen LogP contribution in [-0.2, 0) is 5.54 Å². The van der Waals surface area contributed by atoms with E-state index in [1.165, 1.54) is 10.4 Å². The van der Waals surface area contributed by atoms with E-state index in [0.29, 0.717) is 6.61 Å². The first kappa shape index (κ1) is 18.5. The molecule has 3 nitrogen and oxygen atoms in total. The minimum absolute atomic E-state index is 0.145. The summed E-state index contributed by atoms with van der Waals surface area (Å²) in [5.74, 6) is 0.879. The van der Waals surface area contributed by atoms with Crippen LogP contribution in [0.25, 0.3) is 11.1 Å². The summed E-state index contributed by atoms with van der Waals surface area (Å²) in [5, 5.41) is 4.40. The van der Waals surface area contributed by atoms with Gasteiger partial charge in [-0.3, -0.25) is 0 Å². The summed E-state index contributed by atoms with van der Waals surface area (Å²) in [5.41, 5.74) is 5.23. The van der Waals surface area contributed by atoms with E-state index in [9.17, 15) is 0 Å². The molecule has 0 unspecified atom stereocenters. The van der Waals surface area contributed by atoms with Gasteiger partial charge in [0.25, 0.3) is 0 Å². The van der Waals surface area contributed by atoms with Crippen LogP contribution in [0.5, 0.6) is 5.75 Å². The zero-order valence-electron chi connectivity index (χ0n) is 15.7. The van der Waals surface area contributed by atoms with Crippen molar-refractivity contribution in [3.05, 3.63) is 56.5 Å². The first-order valence-electron chi connectivity index (χ1n) is 8.89. The van der Waals surface area contributed by atoms with Crippen LogP contribution in [0.4, 0.5) is 11.4 Å². The standard InChI is InChI=1S/C21H21ClN2OS2/c1-5-25-13-9-10-17-14(11-13)18-19(21(3,4)24-17)26-27-20(18)23-16-8-6-7-15(22)12(16)2/h6-11,24H,5H2,1-4H3. The third-order valence-electron chi connectivity index (χ3n) is 4.69. The predicted molar refractivity (Wildman–Crippen MR) is 117 cm³/mol. The van der Waals surface area contributed by atoms with Crippen LogP contribution in [-0.4, -0.2) is 6.61 Å². The number of nitrogens with one attached hydrogen (secondary N) is 1. The van der Waals surface area contributed by atoms with Crippen LogP contribution < -0.4 is 14.7 Å². The Morgan fingerprint density at radius 1 is 1.19 bits per heavy atom. The van der Waals surface area contributed by atoms with Crippen molar-refractivity contribution in [2.24, 2.45) is 4.99 Å². The predicted octanol–water partition coefficient (Wildman–Crippen LogP) is 6.73. The van der Waals surface area contributed by atoms with E-state index in [1.807, 2.05) is 38.1 Å². The molecule has 140 valence electrons. The zero-order valence-corrected chi connectivity index (χ0v) is 18.1. The molecule has 1 aromatic heterocycles. The highest BCUT2D eigenvalue weighted by Crippen LogP contribution is 2.46. The van der Waals surface area contributed by atoms with E-state index in [4.69, 9.17) is 21.3 Å². The average Bonchev–Trinajstić information content (AvgIpc) is 3.05. The van der Waals surface area contributed by atoms with Crippen molar-refractivity contribution in [1.29, 1.82) is 0 Å². The number of hydrogen-bond acceptors (Lipinski definition) is 5. The molecule has 0 amide bonds. The van der Waals surface area contributed by atoms with Gasteiger partial charge < -0.3 is 10.1 Å². The fourth-order valence-electron chi connectivity index (χ4n) is 3.31. The summed E-state index contributed by atoms with van der Waals surface area (Å²) >= 11 is 6.30. The molecule has 0 saturated heterocycles. The molecule has 27 heavy (non-hydrogen) atoms. The first-order chi connectivity index (χ1) is 12.9. The monoisotopic (exact) mass is 416 g/mol. The Morgan fingerprint density at radius 3 is 2.78 bits per heavy atom. The Hall–Kier alpha value is -1.82. The summed E-state index contributed by atoms with van der Waals surface area (Å²) in [6, 6.07) is 12.1. The minimum Gasteiger partial charge on any atom is -0.494 e. The van der Waals surface area contributed by atoms with Crippen molar-refractivity contribution in [3.8, 4) is 16.9 Å². The van der Waals surface area contributed by atoms with E-state index in [0.717, 1.165) is 37.9 Å². The molecule has 2 aromatic carbocycles. The van der Waals surface area contributed by atoms with Crippen LogP contribution in [0.3, 0.4) is 0 Å². The second-order valence-corrected chi connectivity index (χ2v) is 9.60. The highest BCUT2D eigenvalue weighted by molar-refractivity contribution is 7.68. The number of fused-ring (bicyclic) bond motifs is 3. The SMILES string of the molecule is CCOc1ccc2c(c1)-c1c(ssc1=Nc1cccc(Cl)c1C)C(C)(C)N2. The molecular formula is C21H21ClN2OS2. The van der Waals surface area contributed by atoms with E-state index in [-0.39, 0.29) is 5.54 Å². The quantitative estimate of drug-likeness (QED) is 0.480. The van der Waals surface area contributed by atoms with Crippen LogP contribution in [0, 0.1) is 6.92 Å². The second-order valence-electron chi connectivity index (χ2n) is 7.06. The molecule has 4 rings (SSSR count). The van der Waals surface area contributed by atoms with E-state index < -0.39 is 0 Å². The van der Waals surface area contributed by atoms with Gasteiger partial charge in [0.2, 0.25) is 0 Å².